The molecule has 1 saturated carbocycles. The molecule has 10 nitrogen and oxygen atoms in total. The lowest BCUT2D eigenvalue weighted by molar-refractivity contribution is -0.150. The van der Waals surface area contributed by atoms with Crippen LogP contribution in [0.25, 0.3) is 0 Å². The smallest absolute Gasteiger partial charge is 0.328 e. The van der Waals surface area contributed by atoms with E-state index in [9.17, 15) is 19.2 Å². The van der Waals surface area contributed by atoms with Gasteiger partial charge >= 0.3 is 5.97 Å². The minimum atomic E-state index is -0.960. The average molecular weight is 508 g/mol. The van der Waals surface area contributed by atoms with E-state index in [2.05, 4.69) is 15.3 Å². The Morgan fingerprint density at radius 1 is 1.03 bits per heavy atom. The van der Waals surface area contributed by atoms with Crippen molar-refractivity contribution in [3.8, 4) is 0 Å². The highest BCUT2D eigenvalue weighted by Crippen LogP contribution is 2.27. The van der Waals surface area contributed by atoms with Crippen molar-refractivity contribution in [2.75, 3.05) is 26.7 Å². The molecule has 3 amide bonds. The molecule has 1 aliphatic carbocycles. The first-order valence-electron chi connectivity index (χ1n) is 12.7. The monoisotopic (exact) mass is 507 g/mol. The van der Waals surface area contributed by atoms with E-state index in [1.807, 2.05) is 6.07 Å². The summed E-state index contributed by atoms with van der Waals surface area (Å²) in [5, 5.41) is 2.79. The topological polar surface area (TPSA) is 122 Å². The molecule has 4 rings (SSSR count). The van der Waals surface area contributed by atoms with Gasteiger partial charge in [0.1, 0.15) is 12.1 Å². The lowest BCUT2D eigenvalue weighted by atomic mass is 9.87. The van der Waals surface area contributed by atoms with Crippen LogP contribution in [0, 0.1) is 5.92 Å². The summed E-state index contributed by atoms with van der Waals surface area (Å²) in [5.41, 5.74) is 1.17. The van der Waals surface area contributed by atoms with Gasteiger partial charge in [0, 0.05) is 50.2 Å². The quantitative estimate of drug-likeness (QED) is 0.565. The van der Waals surface area contributed by atoms with E-state index in [1.165, 1.54) is 13.3 Å². The number of hydrogen-bond donors (Lipinski definition) is 1. The highest BCUT2D eigenvalue weighted by Gasteiger charge is 2.40. The van der Waals surface area contributed by atoms with Gasteiger partial charge in [0.05, 0.1) is 19.2 Å². The maximum atomic E-state index is 13.6. The Morgan fingerprint density at radius 3 is 2.41 bits per heavy atom. The molecule has 0 unspecified atom stereocenters. The lowest BCUT2D eigenvalue weighted by Crippen LogP contribution is -2.63. The maximum Gasteiger partial charge on any atom is 0.328 e. The minimum Gasteiger partial charge on any atom is -0.467 e. The largest absolute Gasteiger partial charge is 0.467 e. The zero-order chi connectivity index (χ0) is 26.2. The van der Waals surface area contributed by atoms with Crippen LogP contribution in [0.2, 0.25) is 0 Å². The van der Waals surface area contributed by atoms with E-state index in [1.54, 1.807) is 46.6 Å². The molecule has 0 radical (unpaired) electrons. The van der Waals surface area contributed by atoms with E-state index in [0.717, 1.165) is 37.7 Å². The van der Waals surface area contributed by atoms with Crippen LogP contribution in [0.3, 0.4) is 0 Å². The first kappa shape index (κ1) is 26.2. The number of piperazine rings is 1. The number of amides is 3. The number of aromatic nitrogens is 2. The summed E-state index contributed by atoms with van der Waals surface area (Å²) in [4.78, 5) is 64.1. The van der Waals surface area contributed by atoms with Crippen molar-refractivity contribution >= 4 is 23.7 Å². The van der Waals surface area contributed by atoms with Gasteiger partial charge in [-0.25, -0.2) is 4.79 Å². The van der Waals surface area contributed by atoms with Crippen LogP contribution in [0.4, 0.5) is 0 Å². The number of hydrogen-bond acceptors (Lipinski definition) is 7. The van der Waals surface area contributed by atoms with Crippen molar-refractivity contribution in [3.63, 3.8) is 0 Å². The fraction of sp³-hybridized carbons (Fsp3) is 0.481. The van der Waals surface area contributed by atoms with E-state index >= 15 is 0 Å². The number of nitrogens with zero attached hydrogens (tertiary/aromatic N) is 4. The van der Waals surface area contributed by atoms with Crippen molar-refractivity contribution in [1.29, 1.82) is 0 Å². The van der Waals surface area contributed by atoms with Crippen LogP contribution in [-0.2, 0) is 25.5 Å². The van der Waals surface area contributed by atoms with Crippen molar-refractivity contribution in [3.05, 3.63) is 60.2 Å². The molecule has 2 aromatic heterocycles. The molecule has 37 heavy (non-hydrogen) atoms. The third-order valence-corrected chi connectivity index (χ3v) is 7.08. The minimum absolute atomic E-state index is 0.0266. The van der Waals surface area contributed by atoms with Gasteiger partial charge in [-0.05, 0) is 36.6 Å². The first-order chi connectivity index (χ1) is 18.0. The fourth-order valence-corrected chi connectivity index (χ4v) is 5.07. The van der Waals surface area contributed by atoms with E-state index in [-0.39, 0.29) is 37.2 Å². The highest BCUT2D eigenvalue weighted by molar-refractivity contribution is 5.96. The van der Waals surface area contributed by atoms with Gasteiger partial charge < -0.3 is 19.9 Å². The fourth-order valence-electron chi connectivity index (χ4n) is 5.07. The second-order valence-electron chi connectivity index (χ2n) is 9.52. The molecule has 2 fully saturated rings. The Morgan fingerprint density at radius 2 is 1.76 bits per heavy atom. The Balaban J connectivity index is 1.55. The SMILES string of the molecule is COC(=O)[C@@H](Cc1cccnc1)NC(=O)[C@@H]1CN(C(=O)c2cccnc2)CCN1C(=O)C1CCCCC1. The summed E-state index contributed by atoms with van der Waals surface area (Å²) in [6, 6.07) is 5.02. The molecule has 196 valence electrons. The predicted octanol–water partition coefficient (Wildman–Crippen LogP) is 1.61. The number of carbonyl (C=O) groups excluding carboxylic acids is 4. The standard InChI is InChI=1S/C27H33N5O5/c1-37-27(36)22(15-19-7-5-11-28-16-19)30-24(33)23-18-31(25(34)21-10-6-12-29-17-21)13-14-32(23)26(35)20-8-3-2-4-9-20/h5-7,10-12,16-17,20,22-23H,2-4,8-9,13-15,18H2,1H3,(H,30,33)/t22-,23+/m1/s1. The Labute approximate surface area is 216 Å². The van der Waals surface area contributed by atoms with Gasteiger partial charge in [-0.1, -0.05) is 25.3 Å². The summed E-state index contributed by atoms with van der Waals surface area (Å²) in [6.45, 7) is 0.579. The van der Waals surface area contributed by atoms with Crippen molar-refractivity contribution in [2.24, 2.45) is 5.92 Å². The molecule has 1 N–H and O–H groups in total. The Bertz CT molecular complexity index is 1090. The summed E-state index contributed by atoms with van der Waals surface area (Å²) >= 11 is 0. The Hall–Kier alpha value is -3.82. The maximum absolute atomic E-state index is 13.6. The number of pyridine rings is 2. The van der Waals surface area contributed by atoms with Crippen molar-refractivity contribution < 1.29 is 23.9 Å². The normalized spacial score (nSPS) is 19.1. The molecule has 2 aromatic rings. The molecular weight excluding hydrogens is 474 g/mol. The number of carbonyl (C=O) groups is 4. The van der Waals surface area contributed by atoms with E-state index in [0.29, 0.717) is 12.1 Å². The van der Waals surface area contributed by atoms with Crippen LogP contribution in [0.15, 0.2) is 49.1 Å². The lowest BCUT2D eigenvalue weighted by Gasteiger charge is -2.42. The van der Waals surface area contributed by atoms with Crippen LogP contribution in [-0.4, -0.2) is 82.3 Å². The van der Waals surface area contributed by atoms with E-state index < -0.39 is 24.0 Å². The number of rotatable bonds is 7. The molecule has 2 atom stereocenters. The van der Waals surface area contributed by atoms with Gasteiger partial charge in [-0.3, -0.25) is 24.4 Å². The predicted molar refractivity (Wildman–Crippen MR) is 134 cm³/mol. The molecular formula is C27H33N5O5. The number of esters is 1. The van der Waals surface area contributed by atoms with Gasteiger partial charge in [-0.15, -0.1) is 0 Å². The highest BCUT2D eigenvalue weighted by atomic mass is 16.5. The average Bonchev–Trinajstić information content (AvgIpc) is 2.96. The zero-order valence-corrected chi connectivity index (χ0v) is 21.0. The zero-order valence-electron chi connectivity index (χ0n) is 21.0. The van der Waals surface area contributed by atoms with Crippen LogP contribution >= 0.6 is 0 Å². The van der Waals surface area contributed by atoms with Crippen molar-refractivity contribution in [2.45, 2.75) is 50.6 Å². The van der Waals surface area contributed by atoms with E-state index in [4.69, 9.17) is 4.74 Å². The van der Waals surface area contributed by atoms with Gasteiger partial charge in [0.25, 0.3) is 5.91 Å². The number of nitrogens with one attached hydrogen (secondary N) is 1. The number of methoxy groups -OCH3 is 1. The summed E-state index contributed by atoms with van der Waals surface area (Å²) < 4.78 is 4.93. The molecule has 0 aromatic carbocycles. The Kier molecular flexibility index (Phi) is 8.81. The molecule has 1 saturated heterocycles. The first-order valence-corrected chi connectivity index (χ1v) is 12.7. The third-order valence-electron chi connectivity index (χ3n) is 7.08. The van der Waals surface area contributed by atoms with Gasteiger partial charge in [-0.2, -0.15) is 0 Å². The van der Waals surface area contributed by atoms with Crippen molar-refractivity contribution in [1.82, 2.24) is 25.1 Å². The van der Waals surface area contributed by atoms with Gasteiger partial charge in [0.2, 0.25) is 11.8 Å². The van der Waals surface area contributed by atoms with Crippen LogP contribution < -0.4 is 5.32 Å². The summed E-state index contributed by atoms with van der Waals surface area (Å²) in [6.07, 6.45) is 11.2. The molecule has 3 heterocycles. The van der Waals surface area contributed by atoms with Crippen LogP contribution in [0.1, 0.15) is 48.0 Å². The molecule has 0 bridgehead atoms. The molecule has 10 heteroatoms. The molecule has 1 aliphatic heterocycles. The second kappa shape index (κ2) is 12.4. The third kappa shape index (κ3) is 6.49. The summed E-state index contributed by atoms with van der Waals surface area (Å²) in [5.74, 6) is -1.53. The molecule has 0 spiro atoms. The molecule has 2 aliphatic rings. The second-order valence-corrected chi connectivity index (χ2v) is 9.52. The van der Waals surface area contributed by atoms with Crippen LogP contribution in [0.5, 0.6) is 0 Å². The number of ether oxygens (including phenoxy) is 1. The summed E-state index contributed by atoms with van der Waals surface area (Å²) in [7, 11) is 1.26. The van der Waals surface area contributed by atoms with Gasteiger partial charge in [0.15, 0.2) is 0 Å².